The molecule has 0 aromatic heterocycles. The number of carbonyl (C=O) groups excluding carboxylic acids is 1. The molecule has 0 rings (SSSR count). The zero-order valence-corrected chi connectivity index (χ0v) is 10.3. The van der Waals surface area contributed by atoms with Crippen LogP contribution in [0, 0.1) is 0 Å². The van der Waals surface area contributed by atoms with E-state index in [1.54, 1.807) is 0 Å². The molecule has 0 saturated heterocycles. The molecule has 0 aromatic carbocycles. The smallest absolute Gasteiger partial charge is 0.221 e. The normalized spacial score (nSPS) is 11.4. The SMILES string of the molecule is CCCNC(=O)CCN=C(NN)NC(C)C. The molecule has 0 heterocycles. The van der Waals surface area contributed by atoms with Gasteiger partial charge in [-0.15, -0.1) is 0 Å². The second-order valence-corrected chi connectivity index (χ2v) is 3.77. The zero-order chi connectivity index (χ0) is 12.4. The summed E-state index contributed by atoms with van der Waals surface area (Å²) in [7, 11) is 0. The molecule has 5 N–H and O–H groups in total. The Morgan fingerprint density at radius 2 is 2.12 bits per heavy atom. The number of aliphatic imine (C=N–C) groups is 1. The number of carbonyl (C=O) groups is 1. The Labute approximate surface area is 97.0 Å². The van der Waals surface area contributed by atoms with E-state index in [4.69, 9.17) is 5.84 Å². The van der Waals surface area contributed by atoms with Crippen molar-refractivity contribution in [2.24, 2.45) is 10.8 Å². The summed E-state index contributed by atoms with van der Waals surface area (Å²) in [6, 6.07) is 0.253. The van der Waals surface area contributed by atoms with E-state index in [1.807, 2.05) is 20.8 Å². The van der Waals surface area contributed by atoms with Crippen molar-refractivity contribution >= 4 is 11.9 Å². The molecule has 0 radical (unpaired) electrons. The highest BCUT2D eigenvalue weighted by Crippen LogP contribution is 1.84. The summed E-state index contributed by atoms with van der Waals surface area (Å²) in [6.07, 6.45) is 1.32. The molecule has 0 aromatic rings. The quantitative estimate of drug-likeness (QED) is 0.218. The number of nitrogens with one attached hydrogen (secondary N) is 3. The largest absolute Gasteiger partial charge is 0.356 e. The van der Waals surface area contributed by atoms with Gasteiger partial charge in [-0.05, 0) is 20.3 Å². The van der Waals surface area contributed by atoms with Crippen molar-refractivity contribution in [1.82, 2.24) is 16.1 Å². The maximum absolute atomic E-state index is 11.2. The maximum atomic E-state index is 11.2. The lowest BCUT2D eigenvalue weighted by atomic mass is 10.4. The summed E-state index contributed by atoms with van der Waals surface area (Å²) in [6.45, 7) is 7.13. The van der Waals surface area contributed by atoms with Crippen LogP contribution in [0.2, 0.25) is 0 Å². The predicted octanol–water partition coefficient (Wildman–Crippen LogP) is -0.280. The average molecular weight is 229 g/mol. The van der Waals surface area contributed by atoms with Crippen molar-refractivity contribution in [2.75, 3.05) is 13.1 Å². The van der Waals surface area contributed by atoms with E-state index in [0.29, 0.717) is 18.9 Å². The number of rotatable bonds is 6. The van der Waals surface area contributed by atoms with Crippen LogP contribution in [0.25, 0.3) is 0 Å². The minimum Gasteiger partial charge on any atom is -0.356 e. The van der Waals surface area contributed by atoms with Crippen molar-refractivity contribution in [3.63, 3.8) is 0 Å². The molecule has 6 heteroatoms. The van der Waals surface area contributed by atoms with Gasteiger partial charge in [-0.1, -0.05) is 6.92 Å². The summed E-state index contributed by atoms with van der Waals surface area (Å²) >= 11 is 0. The summed E-state index contributed by atoms with van der Waals surface area (Å²) < 4.78 is 0. The number of hydrogen-bond donors (Lipinski definition) is 4. The highest BCUT2D eigenvalue weighted by Gasteiger charge is 2.01. The zero-order valence-electron chi connectivity index (χ0n) is 10.3. The van der Waals surface area contributed by atoms with E-state index in [1.165, 1.54) is 0 Å². The van der Waals surface area contributed by atoms with Crippen LogP contribution in [0.15, 0.2) is 4.99 Å². The maximum Gasteiger partial charge on any atom is 0.221 e. The van der Waals surface area contributed by atoms with E-state index < -0.39 is 0 Å². The number of hydrogen-bond acceptors (Lipinski definition) is 3. The minimum atomic E-state index is 0.0199. The highest BCUT2D eigenvalue weighted by molar-refractivity contribution is 5.80. The topological polar surface area (TPSA) is 91.5 Å². The number of amides is 1. The Hall–Kier alpha value is -1.30. The molecule has 0 aliphatic heterocycles. The van der Waals surface area contributed by atoms with Crippen LogP contribution >= 0.6 is 0 Å². The molecule has 0 fully saturated rings. The van der Waals surface area contributed by atoms with Crippen LogP contribution in [0.5, 0.6) is 0 Å². The highest BCUT2D eigenvalue weighted by atomic mass is 16.1. The Morgan fingerprint density at radius 1 is 1.44 bits per heavy atom. The van der Waals surface area contributed by atoms with Gasteiger partial charge < -0.3 is 10.6 Å². The molecule has 0 spiro atoms. The second-order valence-electron chi connectivity index (χ2n) is 3.77. The fourth-order valence-electron chi connectivity index (χ4n) is 1.03. The molecule has 0 saturated carbocycles. The Morgan fingerprint density at radius 3 is 2.62 bits per heavy atom. The summed E-state index contributed by atoms with van der Waals surface area (Å²) in [4.78, 5) is 15.4. The van der Waals surface area contributed by atoms with Crippen LogP contribution in [0.3, 0.4) is 0 Å². The fourth-order valence-corrected chi connectivity index (χ4v) is 1.03. The molecular formula is C10H23N5O. The van der Waals surface area contributed by atoms with Crippen LogP contribution in [0.4, 0.5) is 0 Å². The first-order chi connectivity index (χ1) is 7.60. The number of nitrogens with zero attached hydrogens (tertiary/aromatic N) is 1. The molecule has 0 aliphatic rings. The van der Waals surface area contributed by atoms with Gasteiger partial charge in [0, 0.05) is 19.0 Å². The molecule has 0 bridgehead atoms. The van der Waals surface area contributed by atoms with Gasteiger partial charge in [0.05, 0.1) is 6.54 Å². The van der Waals surface area contributed by atoms with Crippen molar-refractivity contribution in [2.45, 2.75) is 39.7 Å². The Kier molecular flexibility index (Phi) is 8.24. The van der Waals surface area contributed by atoms with Crippen molar-refractivity contribution < 1.29 is 4.79 Å². The summed E-state index contributed by atoms with van der Waals surface area (Å²) in [5.74, 6) is 5.81. The van der Waals surface area contributed by atoms with Crippen LogP contribution in [-0.4, -0.2) is 31.0 Å². The van der Waals surface area contributed by atoms with Crippen molar-refractivity contribution in [3.05, 3.63) is 0 Å². The van der Waals surface area contributed by atoms with Gasteiger partial charge in [0.2, 0.25) is 11.9 Å². The lowest BCUT2D eigenvalue weighted by Gasteiger charge is -2.11. The Balaban J connectivity index is 3.82. The van der Waals surface area contributed by atoms with Gasteiger partial charge in [0.15, 0.2) is 0 Å². The third-order valence-corrected chi connectivity index (χ3v) is 1.74. The van der Waals surface area contributed by atoms with Gasteiger partial charge >= 0.3 is 0 Å². The van der Waals surface area contributed by atoms with Crippen molar-refractivity contribution in [1.29, 1.82) is 0 Å². The van der Waals surface area contributed by atoms with E-state index in [0.717, 1.165) is 13.0 Å². The van der Waals surface area contributed by atoms with Crippen LogP contribution in [0.1, 0.15) is 33.6 Å². The number of guanidine groups is 1. The summed E-state index contributed by atoms with van der Waals surface area (Å²) in [5, 5.41) is 5.81. The molecule has 0 aliphatic carbocycles. The second kappa shape index (κ2) is 8.96. The molecule has 1 amide bonds. The third kappa shape index (κ3) is 8.05. The van der Waals surface area contributed by atoms with Crippen LogP contribution in [-0.2, 0) is 4.79 Å². The van der Waals surface area contributed by atoms with Gasteiger partial charge in [0.1, 0.15) is 0 Å². The molecule has 16 heavy (non-hydrogen) atoms. The standard InChI is InChI=1S/C10H23N5O/c1-4-6-12-9(16)5-7-13-10(15-11)14-8(2)3/h8H,4-7,11H2,1-3H3,(H,12,16)(H2,13,14,15). The third-order valence-electron chi connectivity index (χ3n) is 1.74. The molecule has 94 valence electrons. The van der Waals surface area contributed by atoms with Gasteiger partial charge in [-0.2, -0.15) is 0 Å². The molecular weight excluding hydrogens is 206 g/mol. The first kappa shape index (κ1) is 14.7. The summed E-state index contributed by atoms with van der Waals surface area (Å²) in [5.41, 5.74) is 2.46. The Bertz CT molecular complexity index is 227. The average Bonchev–Trinajstić information content (AvgIpc) is 2.24. The number of hydrazine groups is 1. The van der Waals surface area contributed by atoms with Gasteiger partial charge in [-0.25, -0.2) is 5.84 Å². The van der Waals surface area contributed by atoms with E-state index >= 15 is 0 Å². The molecule has 0 atom stereocenters. The molecule has 0 unspecified atom stereocenters. The number of nitrogens with two attached hydrogens (primary N) is 1. The van der Waals surface area contributed by atoms with Gasteiger partial charge in [-0.3, -0.25) is 15.2 Å². The van der Waals surface area contributed by atoms with Crippen LogP contribution < -0.4 is 21.9 Å². The molecule has 6 nitrogen and oxygen atoms in total. The van der Waals surface area contributed by atoms with Crippen molar-refractivity contribution in [3.8, 4) is 0 Å². The fraction of sp³-hybridized carbons (Fsp3) is 0.800. The predicted molar refractivity (Wildman–Crippen MR) is 65.8 cm³/mol. The minimum absolute atomic E-state index is 0.0199. The lowest BCUT2D eigenvalue weighted by Crippen LogP contribution is -2.44. The first-order valence-electron chi connectivity index (χ1n) is 5.64. The van der Waals surface area contributed by atoms with E-state index in [-0.39, 0.29) is 11.9 Å². The monoisotopic (exact) mass is 229 g/mol. The van der Waals surface area contributed by atoms with Gasteiger partial charge in [0.25, 0.3) is 0 Å². The van der Waals surface area contributed by atoms with E-state index in [9.17, 15) is 4.79 Å². The first-order valence-corrected chi connectivity index (χ1v) is 5.64. The van der Waals surface area contributed by atoms with E-state index in [2.05, 4.69) is 21.1 Å². The lowest BCUT2D eigenvalue weighted by molar-refractivity contribution is -0.120.